The average molecular weight is 271 g/mol. The predicted octanol–water partition coefficient (Wildman–Crippen LogP) is 0.169. The zero-order valence-corrected chi connectivity index (χ0v) is 11.6. The number of carboxylic acids is 1. The molecule has 0 aromatic rings. The lowest BCUT2D eigenvalue weighted by Crippen LogP contribution is -2.44. The Labute approximate surface area is 114 Å². The van der Waals surface area contributed by atoms with E-state index in [1.807, 2.05) is 0 Å². The molecule has 1 saturated carbocycles. The normalized spacial score (nSPS) is 17.6. The van der Waals surface area contributed by atoms with E-state index in [0.717, 1.165) is 6.54 Å². The minimum atomic E-state index is -0.927. The van der Waals surface area contributed by atoms with Crippen LogP contribution >= 0.6 is 0 Å². The lowest BCUT2D eigenvalue weighted by atomic mass is 10.1. The zero-order valence-electron chi connectivity index (χ0n) is 11.6. The Morgan fingerprint density at radius 1 is 1.42 bits per heavy atom. The first-order valence-corrected chi connectivity index (χ1v) is 6.96. The smallest absolute Gasteiger partial charge is 0.303 e. The van der Waals surface area contributed by atoms with Crippen molar-refractivity contribution in [3.8, 4) is 0 Å². The molecule has 0 heterocycles. The minimum absolute atomic E-state index is 0.0729. The maximum Gasteiger partial charge on any atom is 0.303 e. The molecule has 1 rings (SSSR count). The molecule has 0 aromatic heterocycles. The molecule has 6 nitrogen and oxygen atoms in total. The Bertz CT molecular complexity index is 304. The van der Waals surface area contributed by atoms with Crippen molar-refractivity contribution < 1.29 is 14.7 Å². The number of hydrogen-bond donors (Lipinski definition) is 3. The van der Waals surface area contributed by atoms with E-state index in [2.05, 4.69) is 17.3 Å². The van der Waals surface area contributed by atoms with Crippen LogP contribution in [0, 0.1) is 0 Å². The monoisotopic (exact) mass is 271 g/mol. The van der Waals surface area contributed by atoms with Crippen molar-refractivity contribution in [1.29, 1.82) is 0 Å². The van der Waals surface area contributed by atoms with E-state index in [0.29, 0.717) is 12.6 Å². The Kier molecular flexibility index (Phi) is 6.80. The second kappa shape index (κ2) is 8.12. The number of likely N-dealkylation sites (N-methyl/N-ethyl adjacent to an activating group) is 1. The summed E-state index contributed by atoms with van der Waals surface area (Å²) in [7, 11) is 2.08. The van der Waals surface area contributed by atoms with E-state index < -0.39 is 12.0 Å². The fraction of sp³-hybridized carbons (Fsp3) is 0.846. The van der Waals surface area contributed by atoms with Gasteiger partial charge in [0.25, 0.3) is 0 Å². The average Bonchev–Trinajstić information content (AvgIpc) is 2.89. The second-order valence-electron chi connectivity index (χ2n) is 5.25. The molecule has 1 atom stereocenters. The van der Waals surface area contributed by atoms with E-state index in [4.69, 9.17) is 10.8 Å². The molecule has 0 aliphatic heterocycles. The number of amides is 1. The van der Waals surface area contributed by atoms with Crippen molar-refractivity contribution in [1.82, 2.24) is 10.2 Å². The second-order valence-corrected chi connectivity index (χ2v) is 5.25. The minimum Gasteiger partial charge on any atom is -0.481 e. The molecule has 6 heteroatoms. The highest BCUT2D eigenvalue weighted by Crippen LogP contribution is 2.21. The summed E-state index contributed by atoms with van der Waals surface area (Å²) >= 11 is 0. The van der Waals surface area contributed by atoms with Gasteiger partial charge in [-0.2, -0.15) is 0 Å². The van der Waals surface area contributed by atoms with Gasteiger partial charge < -0.3 is 21.1 Å². The lowest BCUT2D eigenvalue weighted by molar-refractivity contribution is -0.137. The molecule has 19 heavy (non-hydrogen) atoms. The Morgan fingerprint density at radius 2 is 2.05 bits per heavy atom. The SMILES string of the molecule is CN(CCNC(=O)C(N)CCC(=O)O)C1CCCC1. The third kappa shape index (κ3) is 6.02. The summed E-state index contributed by atoms with van der Waals surface area (Å²) in [5.74, 6) is -1.19. The maximum absolute atomic E-state index is 11.6. The van der Waals surface area contributed by atoms with Gasteiger partial charge in [0.15, 0.2) is 0 Å². The molecule has 1 amide bonds. The molecule has 1 fully saturated rings. The molecule has 0 bridgehead atoms. The van der Waals surface area contributed by atoms with Gasteiger partial charge in [-0.05, 0) is 26.3 Å². The van der Waals surface area contributed by atoms with E-state index in [1.165, 1.54) is 25.7 Å². The Hall–Kier alpha value is -1.14. The topological polar surface area (TPSA) is 95.7 Å². The number of carboxylic acid groups (broad SMARTS) is 1. The van der Waals surface area contributed by atoms with Gasteiger partial charge in [-0.15, -0.1) is 0 Å². The van der Waals surface area contributed by atoms with Gasteiger partial charge in [0.2, 0.25) is 5.91 Å². The summed E-state index contributed by atoms with van der Waals surface area (Å²) in [4.78, 5) is 24.3. The van der Waals surface area contributed by atoms with Gasteiger partial charge in [0.1, 0.15) is 0 Å². The standard InChI is InChI=1S/C13H25N3O3/c1-16(10-4-2-3-5-10)9-8-15-13(19)11(14)6-7-12(17)18/h10-11H,2-9,14H2,1H3,(H,15,19)(H,17,18). The number of aliphatic carboxylic acids is 1. The van der Waals surface area contributed by atoms with Crippen molar-refractivity contribution >= 4 is 11.9 Å². The highest BCUT2D eigenvalue weighted by atomic mass is 16.4. The van der Waals surface area contributed by atoms with Crippen LogP contribution in [-0.4, -0.2) is 54.1 Å². The molecule has 0 saturated heterocycles. The molecule has 1 aliphatic rings. The van der Waals surface area contributed by atoms with E-state index >= 15 is 0 Å². The summed E-state index contributed by atoms with van der Waals surface area (Å²) < 4.78 is 0. The van der Waals surface area contributed by atoms with Crippen LogP contribution in [0.3, 0.4) is 0 Å². The maximum atomic E-state index is 11.6. The van der Waals surface area contributed by atoms with Gasteiger partial charge in [-0.25, -0.2) is 0 Å². The van der Waals surface area contributed by atoms with Gasteiger partial charge in [0.05, 0.1) is 6.04 Å². The molecule has 0 radical (unpaired) electrons. The number of nitrogens with zero attached hydrogens (tertiary/aromatic N) is 1. The molecule has 0 aromatic carbocycles. The van der Waals surface area contributed by atoms with Crippen molar-refractivity contribution in [2.75, 3.05) is 20.1 Å². The number of rotatable bonds is 8. The summed E-state index contributed by atoms with van der Waals surface area (Å²) in [6.45, 7) is 1.37. The highest BCUT2D eigenvalue weighted by Gasteiger charge is 2.19. The fourth-order valence-corrected chi connectivity index (χ4v) is 2.42. The van der Waals surface area contributed by atoms with Gasteiger partial charge in [-0.3, -0.25) is 9.59 Å². The predicted molar refractivity (Wildman–Crippen MR) is 72.7 cm³/mol. The molecule has 110 valence electrons. The van der Waals surface area contributed by atoms with E-state index in [-0.39, 0.29) is 18.7 Å². The first kappa shape index (κ1) is 15.9. The number of carbonyl (C=O) groups excluding carboxylic acids is 1. The van der Waals surface area contributed by atoms with Gasteiger partial charge in [-0.1, -0.05) is 12.8 Å². The van der Waals surface area contributed by atoms with Crippen LogP contribution in [0.5, 0.6) is 0 Å². The molecular weight excluding hydrogens is 246 g/mol. The Balaban J connectivity index is 2.13. The summed E-state index contributed by atoms with van der Waals surface area (Å²) in [5, 5.41) is 11.3. The first-order valence-electron chi connectivity index (χ1n) is 6.96. The van der Waals surface area contributed by atoms with Gasteiger partial charge >= 0.3 is 5.97 Å². The molecule has 0 spiro atoms. The number of carbonyl (C=O) groups is 2. The van der Waals surface area contributed by atoms with Crippen molar-refractivity contribution in [3.05, 3.63) is 0 Å². The molecule has 1 aliphatic carbocycles. The highest BCUT2D eigenvalue weighted by molar-refractivity contribution is 5.82. The summed E-state index contributed by atoms with van der Waals surface area (Å²) in [5.41, 5.74) is 5.62. The Morgan fingerprint density at radius 3 is 2.63 bits per heavy atom. The van der Waals surface area contributed by atoms with E-state index in [9.17, 15) is 9.59 Å². The number of hydrogen-bond acceptors (Lipinski definition) is 4. The molecular formula is C13H25N3O3. The number of nitrogens with two attached hydrogens (primary N) is 1. The third-order valence-corrected chi connectivity index (χ3v) is 3.72. The zero-order chi connectivity index (χ0) is 14.3. The van der Waals surface area contributed by atoms with E-state index in [1.54, 1.807) is 0 Å². The lowest BCUT2D eigenvalue weighted by Gasteiger charge is -2.24. The summed E-state index contributed by atoms with van der Waals surface area (Å²) in [6.07, 6.45) is 5.17. The van der Waals surface area contributed by atoms with Gasteiger partial charge in [0, 0.05) is 25.6 Å². The van der Waals surface area contributed by atoms with Crippen LogP contribution in [0.15, 0.2) is 0 Å². The van der Waals surface area contributed by atoms with Crippen LogP contribution in [0.2, 0.25) is 0 Å². The largest absolute Gasteiger partial charge is 0.481 e. The van der Waals surface area contributed by atoms with Crippen LogP contribution in [0.25, 0.3) is 0 Å². The van der Waals surface area contributed by atoms with Crippen LogP contribution in [0.4, 0.5) is 0 Å². The first-order chi connectivity index (χ1) is 9.00. The quantitative estimate of drug-likeness (QED) is 0.585. The molecule has 4 N–H and O–H groups in total. The van der Waals surface area contributed by atoms with Crippen LogP contribution in [-0.2, 0) is 9.59 Å². The van der Waals surface area contributed by atoms with Crippen molar-refractivity contribution in [2.24, 2.45) is 5.73 Å². The van der Waals surface area contributed by atoms with Crippen molar-refractivity contribution in [3.63, 3.8) is 0 Å². The van der Waals surface area contributed by atoms with Crippen LogP contribution < -0.4 is 11.1 Å². The van der Waals surface area contributed by atoms with Crippen LogP contribution in [0.1, 0.15) is 38.5 Å². The summed E-state index contributed by atoms with van der Waals surface area (Å²) in [6, 6.07) is -0.0922. The molecule has 1 unspecified atom stereocenters. The third-order valence-electron chi connectivity index (χ3n) is 3.72. The fourth-order valence-electron chi connectivity index (χ4n) is 2.42. The van der Waals surface area contributed by atoms with Crippen molar-refractivity contribution in [2.45, 2.75) is 50.6 Å². The number of nitrogens with one attached hydrogen (secondary N) is 1.